The summed E-state index contributed by atoms with van der Waals surface area (Å²) in [5, 5.41) is 12.3. The van der Waals surface area contributed by atoms with Crippen LogP contribution in [0.4, 0.5) is 0 Å². The Bertz CT molecular complexity index is 495. The van der Waals surface area contributed by atoms with Crippen molar-refractivity contribution < 1.29 is 14.7 Å². The highest BCUT2D eigenvalue weighted by molar-refractivity contribution is 7.09. The molecule has 0 atom stereocenters. The predicted molar refractivity (Wildman–Crippen MR) is 81.2 cm³/mol. The minimum absolute atomic E-state index is 0.0522. The van der Waals surface area contributed by atoms with Crippen molar-refractivity contribution in [2.75, 3.05) is 6.54 Å². The van der Waals surface area contributed by atoms with Crippen LogP contribution < -0.4 is 0 Å². The molecule has 1 heterocycles. The monoisotopic (exact) mass is 310 g/mol. The zero-order valence-corrected chi connectivity index (χ0v) is 13.4. The van der Waals surface area contributed by atoms with Crippen molar-refractivity contribution in [3.8, 4) is 0 Å². The van der Waals surface area contributed by atoms with Crippen molar-refractivity contribution in [2.24, 2.45) is 5.41 Å². The van der Waals surface area contributed by atoms with Gasteiger partial charge in [-0.25, -0.2) is 4.98 Å². The minimum Gasteiger partial charge on any atom is -0.481 e. The molecule has 1 aromatic rings. The van der Waals surface area contributed by atoms with Crippen molar-refractivity contribution in [1.29, 1.82) is 0 Å². The highest BCUT2D eigenvalue weighted by Crippen LogP contribution is 2.44. The molecule has 1 fully saturated rings. The molecule has 5 nitrogen and oxygen atoms in total. The number of thiazole rings is 1. The van der Waals surface area contributed by atoms with Gasteiger partial charge in [0.05, 0.1) is 10.4 Å². The highest BCUT2D eigenvalue weighted by atomic mass is 32.1. The van der Waals surface area contributed by atoms with Crippen molar-refractivity contribution in [2.45, 2.75) is 52.0 Å². The smallest absolute Gasteiger partial charge is 0.310 e. The quantitative estimate of drug-likeness (QED) is 0.840. The number of carboxylic acids is 1. The van der Waals surface area contributed by atoms with Gasteiger partial charge in [-0.05, 0) is 26.7 Å². The second kappa shape index (κ2) is 6.56. The van der Waals surface area contributed by atoms with Gasteiger partial charge in [0.15, 0.2) is 0 Å². The third kappa shape index (κ3) is 3.61. The zero-order chi connectivity index (χ0) is 15.5. The fourth-order valence-corrected chi connectivity index (χ4v) is 3.33. The second-order valence-electron chi connectivity index (χ2n) is 5.97. The summed E-state index contributed by atoms with van der Waals surface area (Å²) in [4.78, 5) is 29.9. The molecule has 1 aliphatic rings. The van der Waals surface area contributed by atoms with E-state index in [4.69, 9.17) is 0 Å². The number of amides is 1. The predicted octanol–water partition coefficient (Wildman–Crippen LogP) is 2.57. The number of carbonyl (C=O) groups is 2. The Morgan fingerprint density at radius 2 is 2.19 bits per heavy atom. The second-order valence-corrected chi connectivity index (χ2v) is 6.95. The standard InChI is InChI=1S/C15H22N2O3S/c1-11(2)17(8-4-12-16-7-9-21-12)13(18)10-15(14(19)20)5-3-6-15/h7,9,11H,3-6,8,10H2,1-2H3,(H,19,20). The number of nitrogens with zero attached hydrogens (tertiary/aromatic N) is 2. The van der Waals surface area contributed by atoms with Crippen LogP contribution in [0, 0.1) is 5.41 Å². The molecule has 0 unspecified atom stereocenters. The fourth-order valence-electron chi connectivity index (χ4n) is 2.72. The molecule has 21 heavy (non-hydrogen) atoms. The molecular formula is C15H22N2O3S. The van der Waals surface area contributed by atoms with Gasteiger partial charge in [-0.15, -0.1) is 11.3 Å². The fraction of sp³-hybridized carbons (Fsp3) is 0.667. The van der Waals surface area contributed by atoms with Gasteiger partial charge < -0.3 is 10.0 Å². The summed E-state index contributed by atoms with van der Waals surface area (Å²) in [7, 11) is 0. The average Bonchev–Trinajstić information content (AvgIpc) is 2.86. The van der Waals surface area contributed by atoms with E-state index in [1.54, 1.807) is 22.4 Å². The first-order valence-corrected chi connectivity index (χ1v) is 8.24. The van der Waals surface area contributed by atoms with E-state index >= 15 is 0 Å². The summed E-state index contributed by atoms with van der Waals surface area (Å²) in [6, 6.07) is 0.0726. The van der Waals surface area contributed by atoms with Crippen LogP contribution in [0.5, 0.6) is 0 Å². The first-order valence-electron chi connectivity index (χ1n) is 7.36. The molecule has 1 aromatic heterocycles. The Balaban J connectivity index is 1.97. The lowest BCUT2D eigenvalue weighted by atomic mass is 9.66. The maximum atomic E-state index is 12.5. The van der Waals surface area contributed by atoms with Crippen LogP contribution >= 0.6 is 11.3 Å². The summed E-state index contributed by atoms with van der Waals surface area (Å²) < 4.78 is 0. The lowest BCUT2D eigenvalue weighted by Crippen LogP contribution is -2.46. The Kier molecular flexibility index (Phi) is 4.98. The van der Waals surface area contributed by atoms with Crippen LogP contribution in [-0.4, -0.2) is 39.5 Å². The Labute approximate surface area is 129 Å². The summed E-state index contributed by atoms with van der Waals surface area (Å²) in [6.45, 7) is 4.53. The number of hydrogen-bond donors (Lipinski definition) is 1. The normalized spacial score (nSPS) is 16.5. The highest BCUT2D eigenvalue weighted by Gasteiger charge is 2.46. The minimum atomic E-state index is -0.828. The molecule has 6 heteroatoms. The van der Waals surface area contributed by atoms with E-state index in [1.807, 2.05) is 19.2 Å². The average molecular weight is 310 g/mol. The van der Waals surface area contributed by atoms with Crippen molar-refractivity contribution in [1.82, 2.24) is 9.88 Å². The third-order valence-electron chi connectivity index (χ3n) is 4.25. The first-order chi connectivity index (χ1) is 9.94. The molecule has 0 saturated heterocycles. The Morgan fingerprint density at radius 1 is 1.48 bits per heavy atom. The van der Waals surface area contributed by atoms with E-state index in [2.05, 4.69) is 4.98 Å². The van der Waals surface area contributed by atoms with Gasteiger partial charge in [-0.1, -0.05) is 6.42 Å². The van der Waals surface area contributed by atoms with E-state index in [1.165, 1.54) is 0 Å². The number of hydrogen-bond acceptors (Lipinski definition) is 4. The number of rotatable bonds is 7. The molecule has 1 N–H and O–H groups in total. The molecule has 0 aromatic carbocycles. The zero-order valence-electron chi connectivity index (χ0n) is 12.5. The van der Waals surface area contributed by atoms with Crippen LogP contribution in [0.1, 0.15) is 44.5 Å². The lowest BCUT2D eigenvalue weighted by molar-refractivity contribution is -0.160. The van der Waals surface area contributed by atoms with Crippen molar-refractivity contribution >= 4 is 23.2 Å². The largest absolute Gasteiger partial charge is 0.481 e. The van der Waals surface area contributed by atoms with Gasteiger partial charge in [0, 0.05) is 37.0 Å². The molecule has 2 rings (SSSR count). The molecule has 1 amide bonds. The summed E-state index contributed by atoms with van der Waals surface area (Å²) in [6.07, 6.45) is 4.74. The molecular weight excluding hydrogens is 288 g/mol. The summed E-state index contributed by atoms with van der Waals surface area (Å²) >= 11 is 1.58. The molecule has 1 saturated carbocycles. The maximum absolute atomic E-state index is 12.5. The van der Waals surface area contributed by atoms with Crippen LogP contribution in [0.2, 0.25) is 0 Å². The van der Waals surface area contributed by atoms with Crippen LogP contribution in [0.25, 0.3) is 0 Å². The number of carbonyl (C=O) groups excluding carboxylic acids is 1. The van der Waals surface area contributed by atoms with Crippen LogP contribution in [-0.2, 0) is 16.0 Å². The number of aromatic nitrogens is 1. The summed E-state index contributed by atoms with van der Waals surface area (Å²) in [5.41, 5.74) is -0.814. The van der Waals surface area contributed by atoms with E-state index in [0.29, 0.717) is 19.4 Å². The van der Waals surface area contributed by atoms with Gasteiger partial charge in [0.2, 0.25) is 5.91 Å². The van der Waals surface area contributed by atoms with Gasteiger partial charge in [0.25, 0.3) is 0 Å². The molecule has 0 aliphatic heterocycles. The Hall–Kier alpha value is -1.43. The van der Waals surface area contributed by atoms with Crippen molar-refractivity contribution in [3.63, 3.8) is 0 Å². The van der Waals surface area contributed by atoms with E-state index in [9.17, 15) is 14.7 Å². The third-order valence-corrected chi connectivity index (χ3v) is 5.09. The van der Waals surface area contributed by atoms with Gasteiger partial charge >= 0.3 is 5.97 Å². The van der Waals surface area contributed by atoms with E-state index in [-0.39, 0.29) is 18.4 Å². The topological polar surface area (TPSA) is 70.5 Å². The Morgan fingerprint density at radius 3 is 2.62 bits per heavy atom. The van der Waals surface area contributed by atoms with E-state index < -0.39 is 11.4 Å². The molecule has 1 aliphatic carbocycles. The molecule has 116 valence electrons. The molecule has 0 radical (unpaired) electrons. The van der Waals surface area contributed by atoms with E-state index in [0.717, 1.165) is 17.8 Å². The number of aliphatic carboxylic acids is 1. The SMILES string of the molecule is CC(C)N(CCc1nccs1)C(=O)CC1(C(=O)O)CCC1. The van der Waals surface area contributed by atoms with Crippen molar-refractivity contribution in [3.05, 3.63) is 16.6 Å². The van der Waals surface area contributed by atoms with Gasteiger partial charge in [-0.3, -0.25) is 9.59 Å². The molecule has 0 spiro atoms. The van der Waals surface area contributed by atoms with Crippen LogP contribution in [0.3, 0.4) is 0 Å². The molecule has 0 bridgehead atoms. The maximum Gasteiger partial charge on any atom is 0.310 e. The lowest BCUT2D eigenvalue weighted by Gasteiger charge is -2.39. The first kappa shape index (κ1) is 15.9. The van der Waals surface area contributed by atoms with Gasteiger partial charge in [-0.2, -0.15) is 0 Å². The van der Waals surface area contributed by atoms with Gasteiger partial charge in [0.1, 0.15) is 0 Å². The number of carboxylic acid groups (broad SMARTS) is 1. The summed E-state index contributed by atoms with van der Waals surface area (Å²) in [5.74, 6) is -0.880. The van der Waals surface area contributed by atoms with Crippen LogP contribution in [0.15, 0.2) is 11.6 Å².